The van der Waals surface area contributed by atoms with Gasteiger partial charge in [-0.1, -0.05) is 35.0 Å². The Bertz CT molecular complexity index is 1310. The molecule has 0 aliphatic carbocycles. The van der Waals surface area contributed by atoms with E-state index in [1.807, 2.05) is 31.2 Å². The van der Waals surface area contributed by atoms with Gasteiger partial charge in [-0.3, -0.25) is 24.3 Å². The SMILES string of the molecule is Cc1ccc(-c2noc([C@@H](C)N3CCN(CN4C(=O)C(=O)c5cc6c(cc54)OCCO6)CC3)n2)cc1. The number of ether oxygens (including phenoxy) is 2. The molecule has 36 heavy (non-hydrogen) atoms. The third-order valence-electron chi connectivity index (χ3n) is 7.04. The summed E-state index contributed by atoms with van der Waals surface area (Å²) in [7, 11) is 0. The van der Waals surface area contributed by atoms with Gasteiger partial charge in [0, 0.05) is 37.8 Å². The second-order valence-corrected chi connectivity index (χ2v) is 9.37. The van der Waals surface area contributed by atoms with E-state index in [0.29, 0.717) is 54.3 Å². The average molecular weight is 490 g/mol. The Morgan fingerprint density at radius 1 is 0.972 bits per heavy atom. The van der Waals surface area contributed by atoms with Gasteiger partial charge in [0.15, 0.2) is 11.5 Å². The molecular weight excluding hydrogens is 462 g/mol. The van der Waals surface area contributed by atoms with Crippen LogP contribution in [0.4, 0.5) is 5.69 Å². The van der Waals surface area contributed by atoms with Gasteiger partial charge in [-0.2, -0.15) is 4.98 Å². The Morgan fingerprint density at radius 3 is 2.39 bits per heavy atom. The van der Waals surface area contributed by atoms with Crippen LogP contribution >= 0.6 is 0 Å². The molecule has 0 unspecified atom stereocenters. The van der Waals surface area contributed by atoms with Crippen molar-refractivity contribution in [2.24, 2.45) is 0 Å². The van der Waals surface area contributed by atoms with Gasteiger partial charge in [0.1, 0.15) is 13.2 Å². The molecule has 2 aromatic carbocycles. The van der Waals surface area contributed by atoms with E-state index in [1.54, 1.807) is 17.0 Å². The molecular formula is C26H27N5O5. The number of rotatable bonds is 5. The lowest BCUT2D eigenvalue weighted by atomic mass is 10.1. The lowest BCUT2D eigenvalue weighted by Crippen LogP contribution is -2.51. The molecule has 3 aliphatic heterocycles. The lowest BCUT2D eigenvalue weighted by Gasteiger charge is -2.38. The molecule has 10 nitrogen and oxygen atoms in total. The number of anilines is 1. The maximum Gasteiger partial charge on any atom is 0.300 e. The number of carbonyl (C=O) groups is 2. The molecule has 4 heterocycles. The van der Waals surface area contributed by atoms with Crippen molar-refractivity contribution in [2.75, 3.05) is 51.0 Å². The van der Waals surface area contributed by atoms with Crippen molar-refractivity contribution in [1.82, 2.24) is 19.9 Å². The zero-order chi connectivity index (χ0) is 24.8. The summed E-state index contributed by atoms with van der Waals surface area (Å²) >= 11 is 0. The molecule has 1 atom stereocenters. The van der Waals surface area contributed by atoms with Crippen molar-refractivity contribution in [2.45, 2.75) is 19.9 Å². The maximum absolute atomic E-state index is 12.8. The predicted molar refractivity (Wildman–Crippen MR) is 130 cm³/mol. The Hall–Kier alpha value is -3.76. The minimum Gasteiger partial charge on any atom is -0.486 e. The van der Waals surface area contributed by atoms with Gasteiger partial charge in [0.25, 0.3) is 5.78 Å². The molecule has 1 amide bonds. The highest BCUT2D eigenvalue weighted by atomic mass is 16.6. The topological polar surface area (TPSA) is 101 Å². The van der Waals surface area contributed by atoms with E-state index in [2.05, 4.69) is 26.9 Å². The van der Waals surface area contributed by atoms with E-state index >= 15 is 0 Å². The van der Waals surface area contributed by atoms with Crippen LogP contribution in [-0.2, 0) is 4.79 Å². The highest BCUT2D eigenvalue weighted by Gasteiger charge is 2.39. The first-order valence-corrected chi connectivity index (χ1v) is 12.1. The number of hydrogen-bond donors (Lipinski definition) is 0. The number of nitrogens with zero attached hydrogens (tertiary/aromatic N) is 5. The van der Waals surface area contributed by atoms with Crippen LogP contribution in [0.25, 0.3) is 11.4 Å². The predicted octanol–water partition coefficient (Wildman–Crippen LogP) is 2.68. The van der Waals surface area contributed by atoms with E-state index in [0.717, 1.165) is 31.7 Å². The Labute approximate surface area is 208 Å². The summed E-state index contributed by atoms with van der Waals surface area (Å²) in [6.07, 6.45) is 0. The molecule has 1 aromatic heterocycles. The quantitative estimate of drug-likeness (QED) is 0.501. The first-order chi connectivity index (χ1) is 17.5. The molecule has 1 saturated heterocycles. The van der Waals surface area contributed by atoms with Gasteiger partial charge in [0.2, 0.25) is 11.7 Å². The standard InChI is InChI=1S/C26H27N5O5/c1-16-3-5-18(6-4-16)24-27-25(36-28-24)17(2)30-9-7-29(8-10-30)15-31-20-14-22-21(34-11-12-35-22)13-19(20)23(32)26(31)33/h3-6,13-14,17H,7-12,15H2,1-2H3/t17-/m1/s1. The first-order valence-electron chi connectivity index (χ1n) is 12.1. The molecule has 1 fully saturated rings. The largest absolute Gasteiger partial charge is 0.486 e. The van der Waals surface area contributed by atoms with Crippen molar-refractivity contribution in [1.29, 1.82) is 0 Å². The summed E-state index contributed by atoms with van der Waals surface area (Å²) in [5, 5.41) is 4.16. The zero-order valence-electron chi connectivity index (χ0n) is 20.3. The normalized spacial score (nSPS) is 19.0. The van der Waals surface area contributed by atoms with E-state index in [-0.39, 0.29) is 6.04 Å². The highest BCUT2D eigenvalue weighted by molar-refractivity contribution is 6.52. The molecule has 0 radical (unpaired) electrons. The van der Waals surface area contributed by atoms with Crippen LogP contribution < -0.4 is 14.4 Å². The van der Waals surface area contributed by atoms with Gasteiger partial charge in [-0.05, 0) is 19.9 Å². The number of fused-ring (bicyclic) bond motifs is 2. The van der Waals surface area contributed by atoms with E-state index in [1.165, 1.54) is 5.56 Å². The van der Waals surface area contributed by atoms with Gasteiger partial charge in [-0.25, -0.2) is 0 Å². The molecule has 3 aromatic rings. The van der Waals surface area contributed by atoms with Gasteiger partial charge in [0.05, 0.1) is 24.0 Å². The van der Waals surface area contributed by atoms with Crippen LogP contribution in [0.2, 0.25) is 0 Å². The summed E-state index contributed by atoms with van der Waals surface area (Å²) in [5.41, 5.74) is 3.06. The number of ketones is 1. The van der Waals surface area contributed by atoms with E-state index in [4.69, 9.17) is 14.0 Å². The maximum atomic E-state index is 12.8. The fourth-order valence-electron chi connectivity index (χ4n) is 4.84. The number of amides is 1. The second-order valence-electron chi connectivity index (χ2n) is 9.37. The number of benzene rings is 2. The Kier molecular flexibility index (Phi) is 5.69. The molecule has 0 N–H and O–H groups in total. The zero-order valence-corrected chi connectivity index (χ0v) is 20.3. The summed E-state index contributed by atoms with van der Waals surface area (Å²) < 4.78 is 16.8. The van der Waals surface area contributed by atoms with Crippen LogP contribution in [0.1, 0.15) is 34.8 Å². The molecule has 10 heteroatoms. The molecule has 0 saturated carbocycles. The number of aromatic nitrogens is 2. The van der Waals surface area contributed by atoms with Gasteiger partial charge in [-0.15, -0.1) is 0 Å². The third-order valence-corrected chi connectivity index (χ3v) is 7.04. The first kappa shape index (κ1) is 22.7. The smallest absolute Gasteiger partial charge is 0.300 e. The fraction of sp³-hybridized carbons (Fsp3) is 0.385. The van der Waals surface area contributed by atoms with Crippen LogP contribution in [0.5, 0.6) is 11.5 Å². The van der Waals surface area contributed by atoms with Crippen molar-refractivity contribution in [3.05, 3.63) is 53.4 Å². The Balaban J connectivity index is 1.10. The Morgan fingerprint density at radius 2 is 1.67 bits per heavy atom. The summed E-state index contributed by atoms with van der Waals surface area (Å²) in [4.78, 5) is 36.0. The second kappa shape index (κ2) is 9.03. The van der Waals surface area contributed by atoms with Crippen LogP contribution in [0.15, 0.2) is 40.9 Å². The fourth-order valence-corrected chi connectivity index (χ4v) is 4.84. The van der Waals surface area contributed by atoms with E-state index in [9.17, 15) is 9.59 Å². The average Bonchev–Trinajstić information content (AvgIpc) is 3.48. The van der Waals surface area contributed by atoms with E-state index < -0.39 is 11.7 Å². The summed E-state index contributed by atoms with van der Waals surface area (Å²) in [6.45, 7) is 8.34. The van der Waals surface area contributed by atoms with Crippen LogP contribution in [0.3, 0.4) is 0 Å². The molecule has 3 aliphatic rings. The number of carbonyl (C=O) groups excluding carboxylic acids is 2. The lowest BCUT2D eigenvalue weighted by molar-refractivity contribution is -0.114. The minimum absolute atomic E-state index is 0.0294. The number of aryl methyl sites for hydroxylation is 1. The van der Waals surface area contributed by atoms with Gasteiger partial charge >= 0.3 is 5.91 Å². The van der Waals surface area contributed by atoms with Crippen LogP contribution in [0, 0.1) is 6.92 Å². The number of piperazine rings is 1. The molecule has 186 valence electrons. The van der Waals surface area contributed by atoms with Gasteiger partial charge < -0.3 is 14.0 Å². The number of Topliss-reactive ketones (excluding diaryl/α,β-unsaturated/α-hetero) is 1. The molecule has 0 spiro atoms. The van der Waals surface area contributed by atoms with Crippen molar-refractivity contribution in [3.63, 3.8) is 0 Å². The summed E-state index contributed by atoms with van der Waals surface area (Å²) in [6, 6.07) is 11.4. The monoisotopic (exact) mass is 489 g/mol. The minimum atomic E-state index is -0.516. The molecule has 6 rings (SSSR count). The highest BCUT2D eigenvalue weighted by Crippen LogP contribution is 2.40. The third kappa shape index (κ3) is 4.02. The van der Waals surface area contributed by atoms with Crippen molar-refractivity contribution in [3.8, 4) is 22.9 Å². The van der Waals surface area contributed by atoms with Crippen molar-refractivity contribution < 1.29 is 23.6 Å². The number of hydrogen-bond acceptors (Lipinski definition) is 9. The van der Waals surface area contributed by atoms with Crippen molar-refractivity contribution >= 4 is 17.4 Å². The molecule has 0 bridgehead atoms. The van der Waals surface area contributed by atoms with Crippen LogP contribution in [-0.4, -0.2) is 77.7 Å². The summed E-state index contributed by atoms with van der Waals surface area (Å²) in [5.74, 6) is 1.23.